The Bertz CT molecular complexity index is 828. The predicted molar refractivity (Wildman–Crippen MR) is 89.4 cm³/mol. The second kappa shape index (κ2) is 6.43. The average Bonchev–Trinajstić information content (AvgIpc) is 2.59. The molecule has 0 aliphatic heterocycles. The fourth-order valence-corrected chi connectivity index (χ4v) is 2.60. The number of benzene rings is 3. The molecule has 1 atom stereocenters. The van der Waals surface area contributed by atoms with Gasteiger partial charge in [-0.1, -0.05) is 36.4 Å². The van der Waals surface area contributed by atoms with Gasteiger partial charge in [-0.15, -0.1) is 0 Å². The quantitative estimate of drug-likeness (QED) is 0.675. The van der Waals surface area contributed by atoms with Crippen LogP contribution < -0.4 is 10.1 Å². The van der Waals surface area contributed by atoms with Crippen molar-refractivity contribution in [3.05, 3.63) is 72.3 Å². The van der Waals surface area contributed by atoms with Gasteiger partial charge in [0.15, 0.2) is 0 Å². The second-order valence-electron chi connectivity index (χ2n) is 5.45. The lowest BCUT2D eigenvalue weighted by Gasteiger charge is -2.23. The van der Waals surface area contributed by atoms with Crippen LogP contribution in [-0.2, 0) is 0 Å². The Labute approximate surface area is 137 Å². The van der Waals surface area contributed by atoms with Crippen LogP contribution in [0.25, 0.3) is 10.8 Å². The molecule has 2 nitrogen and oxygen atoms in total. The average molecular weight is 331 g/mol. The first-order chi connectivity index (χ1) is 11.5. The highest BCUT2D eigenvalue weighted by atomic mass is 19.4. The van der Waals surface area contributed by atoms with Crippen molar-refractivity contribution in [2.24, 2.45) is 0 Å². The maximum atomic E-state index is 13.5. The minimum absolute atomic E-state index is 0.178. The highest BCUT2D eigenvalue weighted by Gasteiger charge is 2.40. The summed E-state index contributed by atoms with van der Waals surface area (Å²) in [4.78, 5) is 0. The highest BCUT2D eigenvalue weighted by molar-refractivity contribution is 5.83. The topological polar surface area (TPSA) is 21.3 Å². The molecule has 1 N–H and O–H groups in total. The van der Waals surface area contributed by atoms with Crippen LogP contribution in [0.2, 0.25) is 0 Å². The van der Waals surface area contributed by atoms with Gasteiger partial charge >= 0.3 is 6.18 Å². The zero-order valence-corrected chi connectivity index (χ0v) is 13.0. The van der Waals surface area contributed by atoms with Gasteiger partial charge in [0.1, 0.15) is 11.8 Å². The van der Waals surface area contributed by atoms with Crippen LogP contribution in [0.4, 0.5) is 18.9 Å². The third kappa shape index (κ3) is 3.45. The van der Waals surface area contributed by atoms with Crippen molar-refractivity contribution in [1.29, 1.82) is 0 Å². The van der Waals surface area contributed by atoms with E-state index in [0.717, 1.165) is 10.8 Å². The number of ether oxygens (including phenoxy) is 1. The summed E-state index contributed by atoms with van der Waals surface area (Å²) in [7, 11) is 1.51. The van der Waals surface area contributed by atoms with E-state index in [-0.39, 0.29) is 5.56 Å². The van der Waals surface area contributed by atoms with Gasteiger partial charge in [0.05, 0.1) is 7.11 Å². The minimum atomic E-state index is -4.41. The van der Waals surface area contributed by atoms with E-state index in [2.05, 4.69) is 5.32 Å². The third-order valence-electron chi connectivity index (χ3n) is 3.84. The summed E-state index contributed by atoms with van der Waals surface area (Å²) in [6.45, 7) is 0. The molecule has 124 valence electrons. The van der Waals surface area contributed by atoms with E-state index in [4.69, 9.17) is 4.74 Å². The zero-order valence-electron chi connectivity index (χ0n) is 13.0. The van der Waals surface area contributed by atoms with E-state index in [0.29, 0.717) is 11.4 Å². The van der Waals surface area contributed by atoms with Gasteiger partial charge in [-0.05, 0) is 46.7 Å². The van der Waals surface area contributed by atoms with Crippen molar-refractivity contribution in [2.45, 2.75) is 12.2 Å². The van der Waals surface area contributed by atoms with E-state index in [1.54, 1.807) is 42.5 Å². The lowest BCUT2D eigenvalue weighted by atomic mass is 10.0. The van der Waals surface area contributed by atoms with Crippen LogP contribution in [0, 0.1) is 0 Å². The van der Waals surface area contributed by atoms with E-state index in [9.17, 15) is 13.2 Å². The molecule has 0 bridgehead atoms. The summed E-state index contributed by atoms with van der Waals surface area (Å²) < 4.78 is 45.7. The molecule has 0 aromatic heterocycles. The molecule has 0 radical (unpaired) electrons. The van der Waals surface area contributed by atoms with Crippen molar-refractivity contribution in [3.63, 3.8) is 0 Å². The molecular formula is C19H16F3NO. The Morgan fingerprint density at radius 2 is 1.54 bits per heavy atom. The predicted octanol–water partition coefficient (Wildman–Crippen LogP) is 5.56. The maximum absolute atomic E-state index is 13.5. The molecule has 0 saturated carbocycles. The van der Waals surface area contributed by atoms with E-state index in [1.807, 2.05) is 18.2 Å². The molecule has 0 fully saturated rings. The first-order valence-corrected chi connectivity index (χ1v) is 7.43. The molecule has 24 heavy (non-hydrogen) atoms. The lowest BCUT2D eigenvalue weighted by molar-refractivity contribution is -0.143. The number of rotatable bonds is 4. The lowest BCUT2D eigenvalue weighted by Crippen LogP contribution is -2.27. The van der Waals surface area contributed by atoms with Crippen LogP contribution in [0.1, 0.15) is 11.6 Å². The van der Waals surface area contributed by atoms with Gasteiger partial charge < -0.3 is 10.1 Å². The van der Waals surface area contributed by atoms with Gasteiger partial charge in [0, 0.05) is 5.69 Å². The number of methoxy groups -OCH3 is 1. The van der Waals surface area contributed by atoms with E-state index < -0.39 is 12.2 Å². The second-order valence-corrected chi connectivity index (χ2v) is 5.45. The SMILES string of the molecule is COc1ccc(N[C@H](c2ccc3ccccc3c2)C(F)(F)F)cc1. The molecule has 0 spiro atoms. The summed E-state index contributed by atoms with van der Waals surface area (Å²) in [6, 6.07) is 16.7. The Morgan fingerprint density at radius 1 is 0.875 bits per heavy atom. The molecule has 0 amide bonds. The fraction of sp³-hybridized carbons (Fsp3) is 0.158. The van der Waals surface area contributed by atoms with Crippen LogP contribution in [0.3, 0.4) is 0 Å². The summed E-state index contributed by atoms with van der Waals surface area (Å²) in [6.07, 6.45) is -4.41. The third-order valence-corrected chi connectivity index (χ3v) is 3.84. The molecule has 0 unspecified atom stereocenters. The monoisotopic (exact) mass is 331 g/mol. The van der Waals surface area contributed by atoms with Crippen molar-refractivity contribution < 1.29 is 17.9 Å². The molecule has 3 rings (SSSR count). The Morgan fingerprint density at radius 3 is 2.17 bits per heavy atom. The smallest absolute Gasteiger partial charge is 0.412 e. The molecular weight excluding hydrogens is 315 g/mol. The number of nitrogens with one attached hydrogen (secondary N) is 1. The van der Waals surface area contributed by atoms with E-state index in [1.165, 1.54) is 13.2 Å². The summed E-state index contributed by atoms with van der Waals surface area (Å²) in [5.41, 5.74) is 0.559. The summed E-state index contributed by atoms with van der Waals surface area (Å²) in [5, 5.41) is 4.26. The van der Waals surface area contributed by atoms with Gasteiger partial charge in [-0.3, -0.25) is 0 Å². The minimum Gasteiger partial charge on any atom is -0.497 e. The largest absolute Gasteiger partial charge is 0.497 e. The standard InChI is InChI=1S/C19H16F3NO/c1-24-17-10-8-16(9-11-17)23-18(19(20,21)22)15-7-6-13-4-2-3-5-14(13)12-15/h2-12,18,23H,1H3/t18-/m1/s1. The van der Waals surface area contributed by atoms with Gasteiger partial charge in [-0.25, -0.2) is 0 Å². The number of hydrogen-bond donors (Lipinski definition) is 1. The summed E-state index contributed by atoms with van der Waals surface area (Å²) >= 11 is 0. The van der Waals surface area contributed by atoms with Crippen molar-refractivity contribution in [3.8, 4) is 5.75 Å². The number of fused-ring (bicyclic) bond motifs is 1. The van der Waals surface area contributed by atoms with Gasteiger partial charge in [0.2, 0.25) is 0 Å². The van der Waals surface area contributed by atoms with Crippen molar-refractivity contribution in [1.82, 2.24) is 0 Å². The molecule has 5 heteroatoms. The van der Waals surface area contributed by atoms with Gasteiger partial charge in [-0.2, -0.15) is 13.2 Å². The first kappa shape index (κ1) is 16.2. The molecule has 0 aliphatic carbocycles. The molecule has 0 heterocycles. The normalized spacial score (nSPS) is 12.8. The van der Waals surface area contributed by atoms with Crippen LogP contribution in [0.15, 0.2) is 66.7 Å². The molecule has 0 aliphatic rings. The fourth-order valence-electron chi connectivity index (χ4n) is 2.60. The van der Waals surface area contributed by atoms with Crippen LogP contribution in [0.5, 0.6) is 5.75 Å². The zero-order chi connectivity index (χ0) is 17.2. The maximum Gasteiger partial charge on any atom is 0.412 e. The van der Waals surface area contributed by atoms with E-state index >= 15 is 0 Å². The number of hydrogen-bond acceptors (Lipinski definition) is 2. The molecule has 0 saturated heterocycles. The Balaban J connectivity index is 1.95. The first-order valence-electron chi connectivity index (χ1n) is 7.43. The number of anilines is 1. The Kier molecular flexibility index (Phi) is 4.34. The summed E-state index contributed by atoms with van der Waals surface area (Å²) in [5.74, 6) is 0.592. The number of alkyl halides is 3. The van der Waals surface area contributed by atoms with Crippen molar-refractivity contribution in [2.75, 3.05) is 12.4 Å². The highest BCUT2D eigenvalue weighted by Crippen LogP contribution is 2.37. The van der Waals surface area contributed by atoms with Gasteiger partial charge in [0.25, 0.3) is 0 Å². The molecule has 3 aromatic carbocycles. The Hall–Kier alpha value is -2.69. The molecule has 3 aromatic rings. The van der Waals surface area contributed by atoms with Crippen LogP contribution >= 0.6 is 0 Å². The van der Waals surface area contributed by atoms with Crippen LogP contribution in [-0.4, -0.2) is 13.3 Å². The van der Waals surface area contributed by atoms with Crippen molar-refractivity contribution >= 4 is 16.5 Å². The number of halogens is 3.